The van der Waals surface area contributed by atoms with Crippen LogP contribution in [0.1, 0.15) is 15.9 Å². The molecule has 2 aromatic rings. The van der Waals surface area contributed by atoms with Gasteiger partial charge in [-0.3, -0.25) is 9.69 Å². The number of halogens is 1. The second-order valence-electron chi connectivity index (χ2n) is 6.27. The Bertz CT molecular complexity index is 773. The highest BCUT2D eigenvalue weighted by Crippen LogP contribution is 2.28. The average molecular weight is 419 g/mol. The molecule has 0 N–H and O–H groups in total. The van der Waals surface area contributed by atoms with Gasteiger partial charge in [0.25, 0.3) is 5.91 Å². The summed E-state index contributed by atoms with van der Waals surface area (Å²) >= 11 is 3.51. The molecule has 0 bridgehead atoms. The van der Waals surface area contributed by atoms with Crippen molar-refractivity contribution in [3.05, 3.63) is 58.1 Å². The Balaban J connectivity index is 1.60. The molecule has 0 spiro atoms. The van der Waals surface area contributed by atoms with Crippen LogP contribution in [0.5, 0.6) is 11.5 Å². The zero-order chi connectivity index (χ0) is 18.5. The molecule has 0 aliphatic carbocycles. The van der Waals surface area contributed by atoms with E-state index < -0.39 is 0 Å². The first kappa shape index (κ1) is 18.7. The molecule has 6 heteroatoms. The lowest BCUT2D eigenvalue weighted by molar-refractivity contribution is 0.0628. The van der Waals surface area contributed by atoms with E-state index in [2.05, 4.69) is 39.0 Å². The van der Waals surface area contributed by atoms with Gasteiger partial charge in [0.05, 0.1) is 14.2 Å². The van der Waals surface area contributed by atoms with Crippen LogP contribution in [0.4, 0.5) is 0 Å². The van der Waals surface area contributed by atoms with Gasteiger partial charge in [-0.2, -0.15) is 0 Å². The first-order valence-corrected chi connectivity index (χ1v) is 9.38. The van der Waals surface area contributed by atoms with Crippen molar-refractivity contribution in [2.24, 2.45) is 0 Å². The van der Waals surface area contributed by atoms with Crippen molar-refractivity contribution in [2.75, 3.05) is 40.4 Å². The summed E-state index contributed by atoms with van der Waals surface area (Å²) in [4.78, 5) is 17.1. The van der Waals surface area contributed by atoms with Gasteiger partial charge in [0.2, 0.25) is 0 Å². The molecule has 138 valence electrons. The van der Waals surface area contributed by atoms with E-state index in [1.165, 1.54) is 5.56 Å². The standard InChI is InChI=1S/C20H23BrN2O3/c1-25-18-7-6-16(13-19(18)26-2)20(24)23-10-8-22(9-11-23)14-15-4-3-5-17(21)12-15/h3-7,12-13H,8-11,14H2,1-2H3. The molecule has 0 saturated carbocycles. The molecule has 1 heterocycles. The number of hydrogen-bond acceptors (Lipinski definition) is 4. The number of carbonyl (C=O) groups excluding carboxylic acids is 1. The maximum Gasteiger partial charge on any atom is 0.254 e. The highest BCUT2D eigenvalue weighted by atomic mass is 79.9. The number of carbonyl (C=O) groups is 1. The first-order valence-electron chi connectivity index (χ1n) is 8.59. The lowest BCUT2D eigenvalue weighted by Gasteiger charge is -2.35. The fraction of sp³-hybridized carbons (Fsp3) is 0.350. The van der Waals surface area contributed by atoms with Gasteiger partial charge in [-0.05, 0) is 35.9 Å². The van der Waals surface area contributed by atoms with E-state index in [4.69, 9.17) is 9.47 Å². The number of benzene rings is 2. The summed E-state index contributed by atoms with van der Waals surface area (Å²) in [5.41, 5.74) is 1.90. The number of ether oxygens (including phenoxy) is 2. The van der Waals surface area contributed by atoms with Gasteiger partial charge in [-0.15, -0.1) is 0 Å². The molecule has 5 nitrogen and oxygen atoms in total. The Labute approximate surface area is 162 Å². The highest BCUT2D eigenvalue weighted by molar-refractivity contribution is 9.10. The predicted molar refractivity (Wildman–Crippen MR) is 105 cm³/mol. The molecule has 1 saturated heterocycles. The number of nitrogens with zero attached hydrogens (tertiary/aromatic N) is 2. The van der Waals surface area contributed by atoms with Crippen molar-refractivity contribution in [1.29, 1.82) is 0 Å². The molecule has 3 rings (SSSR count). The van der Waals surface area contributed by atoms with Gasteiger partial charge in [0, 0.05) is 42.8 Å². The van der Waals surface area contributed by atoms with Crippen molar-refractivity contribution >= 4 is 21.8 Å². The summed E-state index contributed by atoms with van der Waals surface area (Å²) in [5.74, 6) is 1.24. The van der Waals surface area contributed by atoms with E-state index in [0.29, 0.717) is 17.1 Å². The molecule has 2 aromatic carbocycles. The minimum Gasteiger partial charge on any atom is -0.493 e. The van der Waals surface area contributed by atoms with Gasteiger partial charge in [-0.25, -0.2) is 0 Å². The lowest BCUT2D eigenvalue weighted by Crippen LogP contribution is -2.48. The normalized spacial score (nSPS) is 15.0. The monoisotopic (exact) mass is 418 g/mol. The van der Waals surface area contributed by atoms with Crippen LogP contribution in [0, 0.1) is 0 Å². The molecule has 0 unspecified atom stereocenters. The minimum atomic E-state index is 0.0352. The third-order valence-corrected chi connectivity index (χ3v) is 5.08. The first-order chi connectivity index (χ1) is 12.6. The van der Waals surface area contributed by atoms with Crippen LogP contribution in [0.25, 0.3) is 0 Å². The number of methoxy groups -OCH3 is 2. The second kappa shape index (κ2) is 8.56. The second-order valence-corrected chi connectivity index (χ2v) is 7.18. The largest absolute Gasteiger partial charge is 0.493 e. The summed E-state index contributed by atoms with van der Waals surface area (Å²) in [7, 11) is 3.16. The van der Waals surface area contributed by atoms with Gasteiger partial charge in [-0.1, -0.05) is 28.1 Å². The van der Waals surface area contributed by atoms with Gasteiger partial charge in [0.15, 0.2) is 11.5 Å². The molecular formula is C20H23BrN2O3. The molecule has 1 aliphatic rings. The predicted octanol–water partition coefficient (Wildman–Crippen LogP) is 3.42. The van der Waals surface area contributed by atoms with E-state index in [1.54, 1.807) is 32.4 Å². The van der Waals surface area contributed by atoms with Crippen molar-refractivity contribution in [1.82, 2.24) is 9.80 Å². The lowest BCUT2D eigenvalue weighted by atomic mass is 10.1. The molecule has 1 amide bonds. The molecular weight excluding hydrogens is 396 g/mol. The Hall–Kier alpha value is -2.05. The SMILES string of the molecule is COc1ccc(C(=O)N2CCN(Cc3cccc(Br)c3)CC2)cc1OC. The Morgan fingerprint density at radius 3 is 2.38 bits per heavy atom. The van der Waals surface area contributed by atoms with Crippen LogP contribution in [0.2, 0.25) is 0 Å². The molecule has 0 radical (unpaired) electrons. The van der Waals surface area contributed by atoms with E-state index in [0.717, 1.165) is 37.2 Å². The van der Waals surface area contributed by atoms with E-state index >= 15 is 0 Å². The van der Waals surface area contributed by atoms with E-state index in [-0.39, 0.29) is 5.91 Å². The third kappa shape index (κ3) is 4.37. The zero-order valence-electron chi connectivity index (χ0n) is 15.1. The molecule has 26 heavy (non-hydrogen) atoms. The Morgan fingerprint density at radius 1 is 1.00 bits per heavy atom. The Morgan fingerprint density at radius 2 is 1.73 bits per heavy atom. The van der Waals surface area contributed by atoms with Crippen LogP contribution in [0.3, 0.4) is 0 Å². The van der Waals surface area contributed by atoms with Gasteiger partial charge in [0.1, 0.15) is 0 Å². The highest BCUT2D eigenvalue weighted by Gasteiger charge is 2.23. The topological polar surface area (TPSA) is 42.0 Å². The van der Waals surface area contributed by atoms with Gasteiger partial charge >= 0.3 is 0 Å². The molecule has 0 atom stereocenters. The van der Waals surface area contributed by atoms with Gasteiger partial charge < -0.3 is 14.4 Å². The summed E-state index contributed by atoms with van der Waals surface area (Å²) < 4.78 is 11.6. The van der Waals surface area contributed by atoms with E-state index in [1.807, 2.05) is 11.0 Å². The minimum absolute atomic E-state index is 0.0352. The summed E-state index contributed by atoms with van der Waals surface area (Å²) in [6.07, 6.45) is 0. The average Bonchev–Trinajstić information content (AvgIpc) is 2.67. The summed E-state index contributed by atoms with van der Waals surface area (Å²) in [6, 6.07) is 13.7. The van der Waals surface area contributed by atoms with Crippen LogP contribution < -0.4 is 9.47 Å². The number of rotatable bonds is 5. The fourth-order valence-electron chi connectivity index (χ4n) is 3.15. The van der Waals surface area contributed by atoms with Crippen LogP contribution in [-0.4, -0.2) is 56.1 Å². The summed E-state index contributed by atoms with van der Waals surface area (Å²) in [5, 5.41) is 0. The summed E-state index contributed by atoms with van der Waals surface area (Å²) in [6.45, 7) is 4.08. The van der Waals surface area contributed by atoms with Crippen molar-refractivity contribution in [3.8, 4) is 11.5 Å². The fourth-order valence-corrected chi connectivity index (χ4v) is 3.60. The molecule has 1 aliphatic heterocycles. The Kier molecular flexibility index (Phi) is 6.16. The quantitative estimate of drug-likeness (QED) is 0.745. The van der Waals surface area contributed by atoms with Crippen LogP contribution in [0.15, 0.2) is 46.9 Å². The maximum atomic E-state index is 12.8. The number of piperazine rings is 1. The van der Waals surface area contributed by atoms with Crippen molar-refractivity contribution < 1.29 is 14.3 Å². The smallest absolute Gasteiger partial charge is 0.254 e. The maximum absolute atomic E-state index is 12.8. The number of amides is 1. The van der Waals surface area contributed by atoms with Crippen LogP contribution >= 0.6 is 15.9 Å². The zero-order valence-corrected chi connectivity index (χ0v) is 16.7. The van der Waals surface area contributed by atoms with E-state index in [9.17, 15) is 4.79 Å². The van der Waals surface area contributed by atoms with Crippen LogP contribution in [-0.2, 0) is 6.54 Å². The third-order valence-electron chi connectivity index (χ3n) is 4.59. The molecule has 0 aromatic heterocycles. The molecule has 1 fully saturated rings. The number of hydrogen-bond donors (Lipinski definition) is 0. The van der Waals surface area contributed by atoms with Crippen molar-refractivity contribution in [3.63, 3.8) is 0 Å². The van der Waals surface area contributed by atoms with Crippen molar-refractivity contribution in [2.45, 2.75) is 6.54 Å².